The predicted octanol–water partition coefficient (Wildman–Crippen LogP) is 1.04. The fourth-order valence-electron chi connectivity index (χ4n) is 1.45. The summed E-state index contributed by atoms with van der Waals surface area (Å²) in [5.41, 5.74) is 0. The molecule has 0 unspecified atom stereocenters. The molecule has 1 saturated heterocycles. The van der Waals surface area contributed by atoms with Gasteiger partial charge in [-0.25, -0.2) is 0 Å². The van der Waals surface area contributed by atoms with Gasteiger partial charge in [0.15, 0.2) is 6.29 Å². The van der Waals surface area contributed by atoms with E-state index >= 15 is 0 Å². The highest BCUT2D eigenvalue weighted by atomic mass is 127. The van der Waals surface area contributed by atoms with Crippen LogP contribution in [0.15, 0.2) is 0 Å². The molecule has 0 aromatic carbocycles. The van der Waals surface area contributed by atoms with E-state index in [9.17, 15) is 0 Å². The van der Waals surface area contributed by atoms with Crippen molar-refractivity contribution in [3.63, 3.8) is 0 Å². The predicted molar refractivity (Wildman–Crippen MR) is 41.5 cm³/mol. The van der Waals surface area contributed by atoms with Gasteiger partial charge in [-0.3, -0.25) is 0 Å². The number of fused-ring (bicyclic) bond motifs is 1. The smallest absolute Gasteiger partial charge is 0.161 e. The van der Waals surface area contributed by atoms with Crippen LogP contribution in [-0.2, 0) is 9.47 Å². The molecule has 52 valence electrons. The highest BCUT2D eigenvalue weighted by Gasteiger charge is 2.58. The highest BCUT2D eigenvalue weighted by Crippen LogP contribution is 2.53. The molecule has 0 amide bonds. The minimum absolute atomic E-state index is 0.108. The molecule has 0 spiro atoms. The third-order valence-electron chi connectivity index (χ3n) is 2.13. The number of rotatable bonds is 1. The van der Waals surface area contributed by atoms with Crippen LogP contribution in [0, 0.1) is 11.8 Å². The van der Waals surface area contributed by atoms with Gasteiger partial charge in [0, 0.05) is 22.9 Å². The van der Waals surface area contributed by atoms with Gasteiger partial charge in [-0.2, -0.15) is 0 Å². The molecule has 3 heteroatoms. The average molecular weight is 240 g/mol. The summed E-state index contributed by atoms with van der Waals surface area (Å²) in [6.07, 6.45) is 0.108. The lowest BCUT2D eigenvalue weighted by Gasteiger charge is -2.09. The van der Waals surface area contributed by atoms with Crippen molar-refractivity contribution in [2.24, 2.45) is 11.8 Å². The van der Waals surface area contributed by atoms with Crippen molar-refractivity contribution in [3.05, 3.63) is 0 Å². The van der Waals surface area contributed by atoms with Gasteiger partial charge >= 0.3 is 0 Å². The first-order valence-corrected chi connectivity index (χ1v) is 4.37. The Hall–Kier alpha value is 0.650. The lowest BCUT2D eigenvalue weighted by atomic mass is 10.4. The molecule has 2 nitrogen and oxygen atoms in total. The van der Waals surface area contributed by atoms with Crippen molar-refractivity contribution in [2.75, 3.05) is 13.7 Å². The first-order chi connectivity index (χ1) is 4.34. The average Bonchev–Trinajstić information content (AvgIpc) is 2.41. The normalized spacial score (nSPS) is 55.3. The van der Waals surface area contributed by atoms with Gasteiger partial charge in [0.2, 0.25) is 0 Å². The van der Waals surface area contributed by atoms with Crippen molar-refractivity contribution in [1.29, 1.82) is 0 Å². The molecule has 0 aromatic heterocycles. The molecule has 0 aromatic rings. The van der Waals surface area contributed by atoms with E-state index in [4.69, 9.17) is 9.47 Å². The summed E-state index contributed by atoms with van der Waals surface area (Å²) < 4.78 is 11.2. The Labute approximate surface area is 68.0 Å². The molecule has 4 atom stereocenters. The van der Waals surface area contributed by atoms with Crippen LogP contribution >= 0.6 is 22.6 Å². The molecule has 0 bridgehead atoms. The summed E-state index contributed by atoms with van der Waals surface area (Å²) in [7, 11) is 1.72. The first-order valence-electron chi connectivity index (χ1n) is 3.13. The third kappa shape index (κ3) is 0.816. The Bertz CT molecular complexity index is 128. The molecule has 1 aliphatic heterocycles. The van der Waals surface area contributed by atoms with Gasteiger partial charge in [-0.1, -0.05) is 22.6 Å². The first kappa shape index (κ1) is 6.37. The van der Waals surface area contributed by atoms with E-state index in [1.54, 1.807) is 7.11 Å². The zero-order chi connectivity index (χ0) is 6.43. The summed E-state index contributed by atoms with van der Waals surface area (Å²) in [6.45, 7) is 0.913. The fourth-order valence-corrected chi connectivity index (χ4v) is 2.77. The van der Waals surface area contributed by atoms with Crippen molar-refractivity contribution < 1.29 is 9.47 Å². The van der Waals surface area contributed by atoms with Crippen LogP contribution in [0.1, 0.15) is 0 Å². The van der Waals surface area contributed by atoms with Crippen molar-refractivity contribution in [2.45, 2.75) is 10.2 Å². The maximum Gasteiger partial charge on any atom is 0.161 e. The minimum Gasteiger partial charge on any atom is -0.356 e. The van der Waals surface area contributed by atoms with Crippen LogP contribution in [0.5, 0.6) is 0 Å². The molecule has 0 N–H and O–H groups in total. The zero-order valence-corrected chi connectivity index (χ0v) is 7.37. The van der Waals surface area contributed by atoms with Gasteiger partial charge < -0.3 is 9.47 Å². The third-order valence-corrected chi connectivity index (χ3v) is 3.88. The summed E-state index contributed by atoms with van der Waals surface area (Å²) in [4.78, 5) is 0. The molecule has 1 saturated carbocycles. The Balaban J connectivity index is 1.99. The lowest BCUT2D eigenvalue weighted by Crippen LogP contribution is -2.15. The molecule has 2 aliphatic rings. The molecule has 2 rings (SSSR count). The van der Waals surface area contributed by atoms with Crippen LogP contribution in [0.3, 0.4) is 0 Å². The maximum atomic E-state index is 5.31. The molecule has 9 heavy (non-hydrogen) atoms. The molecule has 1 aliphatic carbocycles. The van der Waals surface area contributed by atoms with Gasteiger partial charge in [0.25, 0.3) is 0 Å². The topological polar surface area (TPSA) is 18.5 Å². The van der Waals surface area contributed by atoms with Crippen LogP contribution in [0.25, 0.3) is 0 Å². The largest absolute Gasteiger partial charge is 0.356 e. The van der Waals surface area contributed by atoms with Crippen molar-refractivity contribution in [3.8, 4) is 0 Å². The maximum absolute atomic E-state index is 5.31. The van der Waals surface area contributed by atoms with E-state index in [0.29, 0.717) is 5.92 Å². The van der Waals surface area contributed by atoms with Gasteiger partial charge in [-0.15, -0.1) is 0 Å². The monoisotopic (exact) mass is 240 g/mol. The SMILES string of the molecule is CO[C@@H]1OC[C@H]2[C@@H](I)[C@@H]12. The molecular formula is C6H9IO2. The number of hydrogen-bond donors (Lipinski definition) is 0. The van der Waals surface area contributed by atoms with E-state index in [-0.39, 0.29) is 6.29 Å². The molecule has 1 heterocycles. The Morgan fingerprint density at radius 3 is 2.78 bits per heavy atom. The quantitative estimate of drug-likeness (QED) is 0.503. The lowest BCUT2D eigenvalue weighted by molar-refractivity contribution is -0.107. The Morgan fingerprint density at radius 1 is 1.67 bits per heavy atom. The number of ether oxygens (including phenoxy) is 2. The fraction of sp³-hybridized carbons (Fsp3) is 1.00. The van der Waals surface area contributed by atoms with Crippen molar-refractivity contribution >= 4 is 22.6 Å². The van der Waals surface area contributed by atoms with E-state index in [1.165, 1.54) is 0 Å². The second-order valence-electron chi connectivity index (χ2n) is 2.62. The second kappa shape index (κ2) is 2.07. The standard InChI is InChI=1S/C6H9IO2/c1-8-6-4-3(2-9-6)5(4)7/h3-6H,2H2,1H3/t3-,4+,5-,6-/m1/s1. The van der Waals surface area contributed by atoms with Crippen LogP contribution in [-0.4, -0.2) is 23.9 Å². The van der Waals surface area contributed by atoms with Crippen LogP contribution < -0.4 is 0 Å². The van der Waals surface area contributed by atoms with E-state index < -0.39 is 0 Å². The number of hydrogen-bond acceptors (Lipinski definition) is 2. The zero-order valence-electron chi connectivity index (χ0n) is 5.21. The van der Waals surface area contributed by atoms with Gasteiger partial charge in [0.1, 0.15) is 0 Å². The number of halogens is 1. The van der Waals surface area contributed by atoms with Gasteiger partial charge in [0.05, 0.1) is 6.61 Å². The van der Waals surface area contributed by atoms with Crippen molar-refractivity contribution in [1.82, 2.24) is 0 Å². The Morgan fingerprint density at radius 2 is 2.44 bits per heavy atom. The second-order valence-corrected chi connectivity index (χ2v) is 4.06. The summed E-state index contributed by atoms with van der Waals surface area (Å²) in [6, 6.07) is 0. The summed E-state index contributed by atoms with van der Waals surface area (Å²) in [5.74, 6) is 1.51. The Kier molecular flexibility index (Phi) is 1.46. The summed E-state index contributed by atoms with van der Waals surface area (Å²) >= 11 is 2.47. The molecule has 0 radical (unpaired) electrons. The summed E-state index contributed by atoms with van der Waals surface area (Å²) in [5, 5.41) is 0. The number of alkyl halides is 1. The molecule has 2 fully saturated rings. The van der Waals surface area contributed by atoms with Crippen LogP contribution in [0.2, 0.25) is 0 Å². The van der Waals surface area contributed by atoms with Gasteiger partial charge in [-0.05, 0) is 0 Å². The van der Waals surface area contributed by atoms with Crippen LogP contribution in [0.4, 0.5) is 0 Å². The minimum atomic E-state index is 0.108. The number of methoxy groups -OCH3 is 1. The van der Waals surface area contributed by atoms with E-state index in [1.807, 2.05) is 0 Å². The highest BCUT2D eigenvalue weighted by molar-refractivity contribution is 14.1. The van der Waals surface area contributed by atoms with E-state index in [2.05, 4.69) is 22.6 Å². The molecular weight excluding hydrogens is 231 g/mol. The van der Waals surface area contributed by atoms with E-state index in [0.717, 1.165) is 16.4 Å².